The van der Waals surface area contributed by atoms with Gasteiger partial charge in [-0.25, -0.2) is 9.48 Å². The zero-order valence-electron chi connectivity index (χ0n) is 9.77. The molecule has 1 heterocycles. The van der Waals surface area contributed by atoms with Crippen molar-refractivity contribution in [3.63, 3.8) is 0 Å². The zero-order valence-corrected chi connectivity index (χ0v) is 9.77. The molecule has 7 heteroatoms. The molecule has 0 bridgehead atoms. The van der Waals surface area contributed by atoms with Crippen LogP contribution in [0.4, 0.5) is 13.2 Å². The van der Waals surface area contributed by atoms with E-state index in [1.807, 2.05) is 0 Å². The van der Waals surface area contributed by atoms with E-state index in [9.17, 15) is 18.0 Å². The third-order valence-corrected chi connectivity index (χ3v) is 2.54. The van der Waals surface area contributed by atoms with E-state index in [1.54, 1.807) is 0 Å². The van der Waals surface area contributed by atoms with Crippen LogP contribution < -0.4 is 0 Å². The molecule has 4 nitrogen and oxygen atoms in total. The monoisotopic (exact) mass is 270 g/mol. The van der Waals surface area contributed by atoms with E-state index in [2.05, 4.69) is 5.10 Å². The molecule has 2 rings (SSSR count). The molecule has 1 aromatic carbocycles. The molecule has 2 aromatic rings. The molecule has 0 aliphatic heterocycles. The van der Waals surface area contributed by atoms with Gasteiger partial charge in [-0.15, -0.1) is 0 Å². The van der Waals surface area contributed by atoms with Crippen molar-refractivity contribution in [3.05, 3.63) is 47.3 Å². The first kappa shape index (κ1) is 13.1. The van der Waals surface area contributed by atoms with Crippen LogP contribution in [-0.2, 0) is 6.18 Å². The van der Waals surface area contributed by atoms with Gasteiger partial charge >= 0.3 is 12.1 Å². The van der Waals surface area contributed by atoms with E-state index in [-0.39, 0.29) is 11.4 Å². The Balaban J connectivity index is 2.48. The lowest BCUT2D eigenvalue weighted by Crippen LogP contribution is -2.06. The molecule has 1 N–H and O–H groups in total. The van der Waals surface area contributed by atoms with Crippen LogP contribution in [0.15, 0.2) is 30.5 Å². The zero-order chi connectivity index (χ0) is 14.2. The van der Waals surface area contributed by atoms with Gasteiger partial charge in [0.25, 0.3) is 0 Å². The smallest absolute Gasteiger partial charge is 0.416 e. The van der Waals surface area contributed by atoms with Crippen molar-refractivity contribution in [1.82, 2.24) is 9.78 Å². The highest BCUT2D eigenvalue weighted by Crippen LogP contribution is 2.30. The van der Waals surface area contributed by atoms with Gasteiger partial charge in [-0.1, -0.05) is 6.07 Å². The number of hydrogen-bond donors (Lipinski definition) is 1. The molecule has 0 saturated carbocycles. The summed E-state index contributed by atoms with van der Waals surface area (Å²) in [4.78, 5) is 10.8. The molecule has 0 unspecified atom stereocenters. The number of nitrogens with zero attached hydrogens (tertiary/aromatic N) is 2. The number of rotatable bonds is 2. The Morgan fingerprint density at radius 1 is 1.37 bits per heavy atom. The van der Waals surface area contributed by atoms with Gasteiger partial charge in [-0.05, 0) is 25.1 Å². The number of carboxylic acid groups (broad SMARTS) is 1. The number of aromatic carboxylic acids is 1. The van der Waals surface area contributed by atoms with Crippen LogP contribution in [0.1, 0.15) is 21.6 Å². The number of halogens is 3. The SMILES string of the molecule is Cc1cn(-c2cccc(C(F)(F)F)c2)nc1C(=O)O. The maximum atomic E-state index is 12.6. The lowest BCUT2D eigenvalue weighted by Gasteiger charge is -2.08. The van der Waals surface area contributed by atoms with Crippen molar-refractivity contribution in [3.8, 4) is 5.69 Å². The summed E-state index contributed by atoms with van der Waals surface area (Å²) in [5, 5.41) is 12.6. The third-order valence-electron chi connectivity index (χ3n) is 2.54. The Labute approximate surface area is 106 Å². The van der Waals surface area contributed by atoms with E-state index in [1.165, 1.54) is 25.3 Å². The van der Waals surface area contributed by atoms with Gasteiger partial charge in [0, 0.05) is 11.8 Å². The number of hydrogen-bond acceptors (Lipinski definition) is 2. The first-order valence-corrected chi connectivity index (χ1v) is 5.26. The lowest BCUT2D eigenvalue weighted by molar-refractivity contribution is -0.137. The fourth-order valence-electron chi connectivity index (χ4n) is 1.63. The lowest BCUT2D eigenvalue weighted by atomic mass is 10.2. The van der Waals surface area contributed by atoms with E-state index >= 15 is 0 Å². The number of benzene rings is 1. The summed E-state index contributed by atoms with van der Waals surface area (Å²) in [5.74, 6) is -1.22. The van der Waals surface area contributed by atoms with Gasteiger partial charge in [-0.2, -0.15) is 18.3 Å². The molecule has 100 valence electrons. The fraction of sp³-hybridized carbons (Fsp3) is 0.167. The Bertz CT molecular complexity index is 632. The third kappa shape index (κ3) is 2.59. The van der Waals surface area contributed by atoms with Crippen molar-refractivity contribution in [2.45, 2.75) is 13.1 Å². The fourth-order valence-corrected chi connectivity index (χ4v) is 1.63. The minimum atomic E-state index is -4.45. The number of carbonyl (C=O) groups is 1. The van der Waals surface area contributed by atoms with Gasteiger partial charge in [0.05, 0.1) is 11.3 Å². The average molecular weight is 270 g/mol. The topological polar surface area (TPSA) is 55.1 Å². The molecule has 0 atom stereocenters. The van der Waals surface area contributed by atoms with Crippen molar-refractivity contribution < 1.29 is 23.1 Å². The first-order chi connectivity index (χ1) is 8.79. The second-order valence-corrected chi connectivity index (χ2v) is 3.96. The summed E-state index contributed by atoms with van der Waals surface area (Å²) in [6, 6.07) is 4.53. The molecule has 0 radical (unpaired) electrons. The predicted octanol–water partition coefficient (Wildman–Crippen LogP) is 2.90. The molecule has 0 aliphatic carbocycles. The summed E-state index contributed by atoms with van der Waals surface area (Å²) < 4.78 is 38.8. The molecular formula is C12H9F3N2O2. The second kappa shape index (κ2) is 4.42. The highest BCUT2D eigenvalue weighted by molar-refractivity contribution is 5.86. The molecule has 0 saturated heterocycles. The maximum absolute atomic E-state index is 12.6. The van der Waals surface area contributed by atoms with E-state index in [0.29, 0.717) is 5.56 Å². The van der Waals surface area contributed by atoms with Gasteiger partial charge in [0.15, 0.2) is 5.69 Å². The number of carboxylic acids is 1. The van der Waals surface area contributed by atoms with Crippen molar-refractivity contribution >= 4 is 5.97 Å². The summed E-state index contributed by atoms with van der Waals surface area (Å²) in [6.45, 7) is 1.53. The molecule has 0 amide bonds. The Hall–Kier alpha value is -2.31. The van der Waals surface area contributed by atoms with Crippen LogP contribution in [-0.4, -0.2) is 20.9 Å². The van der Waals surface area contributed by atoms with Gasteiger partial charge < -0.3 is 5.11 Å². The molecule has 1 aromatic heterocycles. The normalized spacial score (nSPS) is 11.6. The van der Waals surface area contributed by atoms with Crippen molar-refractivity contribution in [2.24, 2.45) is 0 Å². The Morgan fingerprint density at radius 2 is 2.05 bits per heavy atom. The predicted molar refractivity (Wildman–Crippen MR) is 60.3 cm³/mol. The van der Waals surface area contributed by atoms with E-state index in [4.69, 9.17) is 5.11 Å². The summed E-state index contributed by atoms with van der Waals surface area (Å²) in [7, 11) is 0. The number of aromatic nitrogens is 2. The summed E-state index contributed by atoms with van der Waals surface area (Å²) in [6.07, 6.45) is -3.08. The van der Waals surface area contributed by atoms with Crippen LogP contribution >= 0.6 is 0 Å². The van der Waals surface area contributed by atoms with Crippen LogP contribution in [0, 0.1) is 6.92 Å². The summed E-state index contributed by atoms with van der Waals surface area (Å²) >= 11 is 0. The standard InChI is InChI=1S/C12H9F3N2O2/c1-7-6-17(16-10(7)11(18)19)9-4-2-3-8(5-9)12(13,14)15/h2-6H,1H3,(H,18,19). The molecule has 0 spiro atoms. The molecule has 0 fully saturated rings. The van der Waals surface area contributed by atoms with E-state index in [0.717, 1.165) is 16.8 Å². The quantitative estimate of drug-likeness (QED) is 0.912. The highest BCUT2D eigenvalue weighted by Gasteiger charge is 2.30. The van der Waals surface area contributed by atoms with Gasteiger partial charge in [0.1, 0.15) is 0 Å². The van der Waals surface area contributed by atoms with E-state index < -0.39 is 17.7 Å². The van der Waals surface area contributed by atoms with Gasteiger partial charge in [-0.3, -0.25) is 0 Å². The second-order valence-electron chi connectivity index (χ2n) is 3.96. The van der Waals surface area contributed by atoms with Crippen molar-refractivity contribution in [1.29, 1.82) is 0 Å². The average Bonchev–Trinajstić information content (AvgIpc) is 2.70. The number of alkyl halides is 3. The molecule has 0 aliphatic rings. The van der Waals surface area contributed by atoms with Crippen LogP contribution in [0.3, 0.4) is 0 Å². The summed E-state index contributed by atoms with van der Waals surface area (Å²) in [5.41, 5.74) is -0.456. The van der Waals surface area contributed by atoms with Gasteiger partial charge in [0.2, 0.25) is 0 Å². The largest absolute Gasteiger partial charge is 0.476 e. The Kier molecular flexibility index (Phi) is 3.05. The van der Waals surface area contributed by atoms with Crippen LogP contribution in [0.2, 0.25) is 0 Å². The number of aryl methyl sites for hydroxylation is 1. The molecular weight excluding hydrogens is 261 g/mol. The molecule has 19 heavy (non-hydrogen) atoms. The minimum Gasteiger partial charge on any atom is -0.476 e. The Morgan fingerprint density at radius 3 is 2.58 bits per heavy atom. The minimum absolute atomic E-state index is 0.158. The van der Waals surface area contributed by atoms with Crippen LogP contribution in [0.25, 0.3) is 5.69 Å². The maximum Gasteiger partial charge on any atom is 0.416 e. The highest BCUT2D eigenvalue weighted by atomic mass is 19.4. The van der Waals surface area contributed by atoms with Crippen LogP contribution in [0.5, 0.6) is 0 Å². The first-order valence-electron chi connectivity index (χ1n) is 5.26. The van der Waals surface area contributed by atoms with Crippen molar-refractivity contribution in [2.75, 3.05) is 0 Å².